The number of ether oxygens (including phenoxy) is 1. The van der Waals surface area contributed by atoms with Gasteiger partial charge in [-0.15, -0.1) is 4.98 Å². The first kappa shape index (κ1) is 9.03. The molecule has 0 spiro atoms. The number of nitrogens with zero attached hydrogens (tertiary/aromatic N) is 1. The molecule has 0 atom stereocenters. The highest BCUT2D eigenvalue weighted by Gasteiger charge is 2.25. The standard InChI is InChI=1S/C8H12FNO2/c1-8(2,3)5-6(9)10-7(11-4)12-5/h1-4H3. The summed E-state index contributed by atoms with van der Waals surface area (Å²) >= 11 is 0. The summed E-state index contributed by atoms with van der Waals surface area (Å²) in [5.41, 5.74) is -0.381. The third-order valence-corrected chi connectivity index (χ3v) is 1.42. The molecule has 0 aliphatic rings. The van der Waals surface area contributed by atoms with Gasteiger partial charge in [-0.3, -0.25) is 0 Å². The first-order chi connectivity index (χ1) is 5.45. The van der Waals surface area contributed by atoms with Crippen molar-refractivity contribution in [1.82, 2.24) is 4.98 Å². The minimum absolute atomic E-state index is 0.0302. The van der Waals surface area contributed by atoms with Crippen LogP contribution in [-0.2, 0) is 5.41 Å². The summed E-state index contributed by atoms with van der Waals surface area (Å²) in [7, 11) is 1.39. The number of hydrogen-bond acceptors (Lipinski definition) is 3. The molecule has 1 aromatic heterocycles. The van der Waals surface area contributed by atoms with Gasteiger partial charge < -0.3 is 9.15 Å². The Morgan fingerprint density at radius 3 is 2.25 bits per heavy atom. The van der Waals surface area contributed by atoms with E-state index in [1.807, 2.05) is 20.8 Å². The Hall–Kier alpha value is -1.06. The Morgan fingerprint density at radius 2 is 2.00 bits per heavy atom. The predicted octanol–water partition coefficient (Wildman–Crippen LogP) is 2.12. The van der Waals surface area contributed by atoms with Crippen molar-refractivity contribution >= 4 is 0 Å². The highest BCUT2D eigenvalue weighted by Crippen LogP contribution is 2.27. The summed E-state index contributed by atoms with van der Waals surface area (Å²) in [4.78, 5) is 3.44. The van der Waals surface area contributed by atoms with Crippen LogP contribution < -0.4 is 4.74 Å². The highest BCUT2D eigenvalue weighted by atomic mass is 19.1. The van der Waals surface area contributed by atoms with Crippen LogP contribution in [0.2, 0.25) is 0 Å². The molecule has 0 saturated heterocycles. The lowest BCUT2D eigenvalue weighted by molar-refractivity contribution is 0.264. The van der Waals surface area contributed by atoms with Crippen molar-refractivity contribution < 1.29 is 13.5 Å². The third-order valence-electron chi connectivity index (χ3n) is 1.42. The van der Waals surface area contributed by atoms with Gasteiger partial charge >= 0.3 is 6.08 Å². The molecule has 0 saturated carbocycles. The predicted molar refractivity (Wildman–Crippen MR) is 41.7 cm³/mol. The van der Waals surface area contributed by atoms with Gasteiger partial charge in [-0.2, -0.15) is 4.39 Å². The monoisotopic (exact) mass is 173 g/mol. The second-order valence-corrected chi connectivity index (χ2v) is 3.55. The van der Waals surface area contributed by atoms with Crippen LogP contribution in [-0.4, -0.2) is 12.1 Å². The van der Waals surface area contributed by atoms with Gasteiger partial charge in [-0.25, -0.2) is 0 Å². The molecule has 1 aromatic rings. The van der Waals surface area contributed by atoms with Crippen LogP contribution in [0, 0.1) is 5.95 Å². The molecule has 0 amide bonds. The lowest BCUT2D eigenvalue weighted by Crippen LogP contribution is -2.11. The van der Waals surface area contributed by atoms with E-state index < -0.39 is 5.95 Å². The van der Waals surface area contributed by atoms with Crippen molar-refractivity contribution in [3.8, 4) is 6.08 Å². The van der Waals surface area contributed by atoms with E-state index >= 15 is 0 Å². The fraction of sp³-hybridized carbons (Fsp3) is 0.625. The van der Waals surface area contributed by atoms with E-state index in [9.17, 15) is 4.39 Å². The summed E-state index contributed by atoms with van der Waals surface area (Å²) < 4.78 is 22.7. The molecule has 0 radical (unpaired) electrons. The van der Waals surface area contributed by atoms with Crippen LogP contribution in [0.15, 0.2) is 4.42 Å². The van der Waals surface area contributed by atoms with Crippen LogP contribution in [0.1, 0.15) is 26.5 Å². The molecule has 0 aliphatic heterocycles. The molecular weight excluding hydrogens is 161 g/mol. The van der Waals surface area contributed by atoms with Gasteiger partial charge in [0.25, 0.3) is 5.95 Å². The Balaban J connectivity index is 3.08. The lowest BCUT2D eigenvalue weighted by atomic mass is 9.94. The van der Waals surface area contributed by atoms with Crippen molar-refractivity contribution in [2.24, 2.45) is 0 Å². The minimum Gasteiger partial charge on any atom is -0.453 e. The van der Waals surface area contributed by atoms with Crippen LogP contribution in [0.25, 0.3) is 0 Å². The molecule has 68 valence electrons. The van der Waals surface area contributed by atoms with Crippen LogP contribution in [0.4, 0.5) is 4.39 Å². The fourth-order valence-electron chi connectivity index (χ4n) is 0.833. The lowest BCUT2D eigenvalue weighted by Gasteiger charge is -2.12. The van der Waals surface area contributed by atoms with Crippen LogP contribution in [0.5, 0.6) is 6.08 Å². The van der Waals surface area contributed by atoms with E-state index in [2.05, 4.69) is 9.72 Å². The first-order valence-electron chi connectivity index (χ1n) is 3.66. The zero-order valence-electron chi connectivity index (χ0n) is 7.64. The topological polar surface area (TPSA) is 35.3 Å². The summed E-state index contributed by atoms with van der Waals surface area (Å²) in [6.07, 6.45) is -0.0302. The molecule has 1 rings (SSSR count). The quantitative estimate of drug-likeness (QED) is 0.652. The van der Waals surface area contributed by atoms with E-state index in [0.29, 0.717) is 0 Å². The van der Waals surface area contributed by atoms with E-state index in [-0.39, 0.29) is 17.3 Å². The zero-order chi connectivity index (χ0) is 9.35. The summed E-state index contributed by atoms with van der Waals surface area (Å²) in [6, 6.07) is 0. The summed E-state index contributed by atoms with van der Waals surface area (Å²) in [6.45, 7) is 5.53. The fourth-order valence-corrected chi connectivity index (χ4v) is 0.833. The summed E-state index contributed by atoms with van der Waals surface area (Å²) in [5, 5.41) is 0. The van der Waals surface area contributed by atoms with Crippen molar-refractivity contribution in [2.45, 2.75) is 26.2 Å². The van der Waals surface area contributed by atoms with Crippen molar-refractivity contribution in [1.29, 1.82) is 0 Å². The largest absolute Gasteiger partial charge is 0.453 e. The smallest absolute Gasteiger partial charge is 0.396 e. The number of hydrogen-bond donors (Lipinski definition) is 0. The van der Waals surface area contributed by atoms with Crippen molar-refractivity contribution in [3.05, 3.63) is 11.7 Å². The number of methoxy groups -OCH3 is 1. The van der Waals surface area contributed by atoms with E-state index in [4.69, 9.17) is 4.42 Å². The Kier molecular flexibility index (Phi) is 2.08. The molecule has 3 nitrogen and oxygen atoms in total. The SMILES string of the molecule is COc1nc(F)c(C(C)(C)C)o1. The Morgan fingerprint density at radius 1 is 1.42 bits per heavy atom. The molecular formula is C8H12FNO2. The Labute approximate surface area is 70.5 Å². The minimum atomic E-state index is -0.598. The molecule has 4 heteroatoms. The maximum atomic E-state index is 13.0. The first-order valence-corrected chi connectivity index (χ1v) is 3.66. The number of halogens is 1. The van der Waals surface area contributed by atoms with Crippen molar-refractivity contribution in [3.63, 3.8) is 0 Å². The zero-order valence-corrected chi connectivity index (χ0v) is 7.64. The summed E-state index contributed by atoms with van der Waals surface area (Å²) in [5.74, 6) is -0.376. The number of oxazole rings is 1. The number of rotatable bonds is 1. The number of aromatic nitrogens is 1. The molecule has 1 heterocycles. The molecule has 12 heavy (non-hydrogen) atoms. The third kappa shape index (κ3) is 1.57. The Bertz CT molecular complexity index is 275. The van der Waals surface area contributed by atoms with Gasteiger partial charge in [0, 0.05) is 5.41 Å². The van der Waals surface area contributed by atoms with Gasteiger partial charge in [0.2, 0.25) is 0 Å². The van der Waals surface area contributed by atoms with Gasteiger partial charge in [-0.05, 0) is 0 Å². The van der Waals surface area contributed by atoms with Crippen molar-refractivity contribution in [2.75, 3.05) is 7.11 Å². The van der Waals surface area contributed by atoms with E-state index in [1.165, 1.54) is 7.11 Å². The average Bonchev–Trinajstić information content (AvgIpc) is 2.29. The van der Waals surface area contributed by atoms with Gasteiger partial charge in [0.1, 0.15) is 0 Å². The van der Waals surface area contributed by atoms with Crippen LogP contribution >= 0.6 is 0 Å². The normalized spacial score (nSPS) is 11.8. The van der Waals surface area contributed by atoms with Crippen LogP contribution in [0.3, 0.4) is 0 Å². The second-order valence-electron chi connectivity index (χ2n) is 3.55. The maximum Gasteiger partial charge on any atom is 0.396 e. The average molecular weight is 173 g/mol. The molecule has 0 unspecified atom stereocenters. The highest BCUT2D eigenvalue weighted by molar-refractivity contribution is 5.10. The van der Waals surface area contributed by atoms with Gasteiger partial charge in [0.15, 0.2) is 5.76 Å². The second kappa shape index (κ2) is 2.77. The van der Waals surface area contributed by atoms with E-state index in [0.717, 1.165) is 0 Å². The van der Waals surface area contributed by atoms with E-state index in [1.54, 1.807) is 0 Å². The molecule has 0 N–H and O–H groups in total. The molecule has 0 aromatic carbocycles. The molecule has 0 aliphatic carbocycles. The van der Waals surface area contributed by atoms with Gasteiger partial charge in [-0.1, -0.05) is 20.8 Å². The maximum absolute atomic E-state index is 13.0. The molecule has 0 bridgehead atoms. The molecule has 0 fully saturated rings. The van der Waals surface area contributed by atoms with Gasteiger partial charge in [0.05, 0.1) is 7.11 Å².